The van der Waals surface area contributed by atoms with Crippen molar-refractivity contribution < 1.29 is 0 Å². The van der Waals surface area contributed by atoms with E-state index in [0.29, 0.717) is 0 Å². The summed E-state index contributed by atoms with van der Waals surface area (Å²) >= 11 is 0. The molecule has 121 valence electrons. The van der Waals surface area contributed by atoms with E-state index in [9.17, 15) is 0 Å². The van der Waals surface area contributed by atoms with Gasteiger partial charge < -0.3 is 5.73 Å². The van der Waals surface area contributed by atoms with Crippen molar-refractivity contribution in [2.45, 2.75) is 116 Å². The van der Waals surface area contributed by atoms with Crippen LogP contribution >= 0.6 is 0 Å². The zero-order chi connectivity index (χ0) is 15.1. The summed E-state index contributed by atoms with van der Waals surface area (Å²) in [5, 5.41) is 0. The fraction of sp³-hybridized carbons (Fsp3) is 0.947. The van der Waals surface area contributed by atoms with Gasteiger partial charge in [-0.05, 0) is 19.3 Å². The van der Waals surface area contributed by atoms with Crippen molar-refractivity contribution in [1.29, 1.82) is 0 Å². The van der Waals surface area contributed by atoms with E-state index in [1.807, 2.05) is 0 Å². The normalized spacial score (nSPS) is 12.0. The third kappa shape index (κ3) is 11.8. The SMILES string of the molecule is [CH2]CC(N)(CCCCCCCC)CCCCCCCC. The maximum absolute atomic E-state index is 6.52. The highest BCUT2D eigenvalue weighted by atomic mass is 14.7. The van der Waals surface area contributed by atoms with Crippen LogP contribution < -0.4 is 5.73 Å². The molecule has 0 spiro atoms. The van der Waals surface area contributed by atoms with Gasteiger partial charge in [-0.3, -0.25) is 0 Å². The summed E-state index contributed by atoms with van der Waals surface area (Å²) in [6.45, 7) is 8.63. The highest BCUT2D eigenvalue weighted by Gasteiger charge is 2.21. The Morgan fingerprint density at radius 3 is 1.35 bits per heavy atom. The molecule has 0 aliphatic rings. The van der Waals surface area contributed by atoms with Gasteiger partial charge in [0.1, 0.15) is 0 Å². The molecule has 0 aliphatic heterocycles. The summed E-state index contributed by atoms with van der Waals surface area (Å²) in [4.78, 5) is 0. The van der Waals surface area contributed by atoms with Crippen LogP contribution in [0.2, 0.25) is 0 Å². The quantitative estimate of drug-likeness (QED) is 0.345. The maximum Gasteiger partial charge on any atom is 0.0154 e. The summed E-state index contributed by atoms with van der Waals surface area (Å²) in [6.07, 6.45) is 19.6. The Bertz CT molecular complexity index is 172. The standard InChI is InChI=1S/C19H40N/c1-4-7-9-11-13-15-17-19(20,6-3)18-16-14-12-10-8-5-2/h3-18,20H2,1-2H3. The van der Waals surface area contributed by atoms with Crippen LogP contribution in [-0.4, -0.2) is 5.54 Å². The van der Waals surface area contributed by atoms with Crippen LogP contribution in [0.1, 0.15) is 110 Å². The summed E-state index contributed by atoms with van der Waals surface area (Å²) in [5.74, 6) is 0. The van der Waals surface area contributed by atoms with Crippen molar-refractivity contribution in [1.82, 2.24) is 0 Å². The molecule has 0 rings (SSSR count). The second-order valence-corrected chi connectivity index (χ2v) is 6.65. The monoisotopic (exact) mass is 282 g/mol. The Morgan fingerprint density at radius 2 is 1.00 bits per heavy atom. The number of rotatable bonds is 15. The minimum atomic E-state index is 0.0233. The van der Waals surface area contributed by atoms with Gasteiger partial charge in [0.15, 0.2) is 0 Å². The van der Waals surface area contributed by atoms with Gasteiger partial charge in [0.25, 0.3) is 0 Å². The van der Waals surface area contributed by atoms with Crippen LogP contribution in [-0.2, 0) is 0 Å². The van der Waals surface area contributed by atoms with E-state index in [2.05, 4.69) is 20.8 Å². The third-order valence-corrected chi connectivity index (χ3v) is 4.55. The smallest absolute Gasteiger partial charge is 0.0154 e. The van der Waals surface area contributed by atoms with Crippen LogP contribution in [0.4, 0.5) is 0 Å². The van der Waals surface area contributed by atoms with Crippen molar-refractivity contribution >= 4 is 0 Å². The molecule has 1 radical (unpaired) electrons. The van der Waals surface area contributed by atoms with E-state index in [0.717, 1.165) is 6.42 Å². The van der Waals surface area contributed by atoms with E-state index >= 15 is 0 Å². The molecule has 0 aromatic rings. The van der Waals surface area contributed by atoms with Gasteiger partial charge in [-0.2, -0.15) is 0 Å². The molecular weight excluding hydrogens is 242 g/mol. The number of nitrogens with two attached hydrogens (primary N) is 1. The Hall–Kier alpha value is -0.0400. The molecule has 1 heteroatoms. The summed E-state index contributed by atoms with van der Waals surface area (Å²) < 4.78 is 0. The zero-order valence-electron chi connectivity index (χ0n) is 14.4. The van der Waals surface area contributed by atoms with Crippen molar-refractivity contribution in [3.8, 4) is 0 Å². The second-order valence-electron chi connectivity index (χ2n) is 6.65. The molecule has 0 aromatic heterocycles. The highest BCUT2D eigenvalue weighted by molar-refractivity contribution is 4.84. The molecule has 0 bridgehead atoms. The molecular formula is C19H40N. The van der Waals surface area contributed by atoms with Gasteiger partial charge in [0.05, 0.1) is 0 Å². The van der Waals surface area contributed by atoms with Gasteiger partial charge in [0.2, 0.25) is 0 Å². The number of hydrogen-bond donors (Lipinski definition) is 1. The van der Waals surface area contributed by atoms with Crippen LogP contribution in [0, 0.1) is 6.92 Å². The van der Waals surface area contributed by atoms with Crippen LogP contribution in [0.15, 0.2) is 0 Å². The van der Waals surface area contributed by atoms with Crippen molar-refractivity contribution in [2.24, 2.45) is 5.73 Å². The first-order valence-electron chi connectivity index (χ1n) is 9.26. The van der Waals surface area contributed by atoms with Crippen LogP contribution in [0.3, 0.4) is 0 Å². The van der Waals surface area contributed by atoms with Gasteiger partial charge in [-0.1, -0.05) is 97.8 Å². The van der Waals surface area contributed by atoms with Crippen molar-refractivity contribution in [3.63, 3.8) is 0 Å². The largest absolute Gasteiger partial charge is 0.325 e. The van der Waals surface area contributed by atoms with Gasteiger partial charge in [-0.15, -0.1) is 0 Å². The minimum Gasteiger partial charge on any atom is -0.325 e. The number of unbranched alkanes of at least 4 members (excludes halogenated alkanes) is 10. The summed E-state index contributed by atoms with van der Waals surface area (Å²) in [6, 6.07) is 0. The molecule has 0 fully saturated rings. The lowest BCUT2D eigenvalue weighted by Gasteiger charge is -2.28. The average Bonchev–Trinajstić information content (AvgIpc) is 2.46. The third-order valence-electron chi connectivity index (χ3n) is 4.55. The zero-order valence-corrected chi connectivity index (χ0v) is 14.4. The van der Waals surface area contributed by atoms with Crippen LogP contribution in [0.5, 0.6) is 0 Å². The lowest BCUT2D eigenvalue weighted by atomic mass is 9.85. The molecule has 0 heterocycles. The fourth-order valence-corrected chi connectivity index (χ4v) is 2.89. The van der Waals surface area contributed by atoms with E-state index in [-0.39, 0.29) is 5.54 Å². The van der Waals surface area contributed by atoms with E-state index in [4.69, 9.17) is 5.73 Å². The minimum absolute atomic E-state index is 0.0233. The molecule has 0 aromatic carbocycles. The summed E-state index contributed by atoms with van der Waals surface area (Å²) in [5.41, 5.74) is 6.54. The Balaban J connectivity index is 3.57. The topological polar surface area (TPSA) is 26.0 Å². The molecule has 0 amide bonds. The van der Waals surface area contributed by atoms with Gasteiger partial charge >= 0.3 is 0 Å². The van der Waals surface area contributed by atoms with E-state index in [1.54, 1.807) is 0 Å². The van der Waals surface area contributed by atoms with E-state index in [1.165, 1.54) is 89.9 Å². The highest BCUT2D eigenvalue weighted by Crippen LogP contribution is 2.23. The maximum atomic E-state index is 6.52. The Morgan fingerprint density at radius 1 is 0.650 bits per heavy atom. The molecule has 0 saturated carbocycles. The molecule has 0 aliphatic carbocycles. The fourth-order valence-electron chi connectivity index (χ4n) is 2.89. The van der Waals surface area contributed by atoms with Gasteiger partial charge in [0, 0.05) is 5.54 Å². The second kappa shape index (κ2) is 13.9. The molecule has 0 saturated heterocycles. The molecule has 1 nitrogen and oxygen atoms in total. The Kier molecular flexibility index (Phi) is 13.9. The molecule has 0 atom stereocenters. The van der Waals surface area contributed by atoms with Gasteiger partial charge in [-0.25, -0.2) is 0 Å². The lowest BCUT2D eigenvalue weighted by Crippen LogP contribution is -2.39. The van der Waals surface area contributed by atoms with Crippen molar-refractivity contribution in [2.75, 3.05) is 0 Å². The van der Waals surface area contributed by atoms with E-state index < -0.39 is 0 Å². The van der Waals surface area contributed by atoms with Crippen molar-refractivity contribution in [3.05, 3.63) is 6.92 Å². The first-order valence-corrected chi connectivity index (χ1v) is 9.26. The predicted molar refractivity (Wildman–Crippen MR) is 92.9 cm³/mol. The average molecular weight is 283 g/mol. The van der Waals surface area contributed by atoms with Crippen LogP contribution in [0.25, 0.3) is 0 Å². The first-order chi connectivity index (χ1) is 9.68. The predicted octanol–water partition coefficient (Wildman–Crippen LogP) is 6.41. The molecule has 20 heavy (non-hydrogen) atoms. The Labute approximate surface area is 129 Å². The first kappa shape index (κ1) is 20.0. The molecule has 0 unspecified atom stereocenters. The lowest BCUT2D eigenvalue weighted by molar-refractivity contribution is 0.336. The summed E-state index contributed by atoms with van der Waals surface area (Å²) in [7, 11) is 0. The number of hydrogen-bond acceptors (Lipinski definition) is 1. The molecule has 2 N–H and O–H groups in total.